The molecule has 1 aliphatic rings. The van der Waals surface area contributed by atoms with E-state index in [4.69, 9.17) is 19.6 Å². The van der Waals surface area contributed by atoms with Crippen molar-refractivity contribution < 1.29 is 33.4 Å². The van der Waals surface area contributed by atoms with Crippen LogP contribution in [-0.4, -0.2) is 57.7 Å². The Kier molecular flexibility index (Phi) is 8.24. The highest BCUT2D eigenvalue weighted by atomic mass is 32.2. The number of carbonyl (C=O) groups is 3. The lowest BCUT2D eigenvalue weighted by Crippen LogP contribution is -2.54. The summed E-state index contributed by atoms with van der Waals surface area (Å²) >= 11 is 1.22. The number of nitrogens with one attached hydrogen (secondary N) is 1. The second-order valence-electron chi connectivity index (χ2n) is 9.11. The van der Waals surface area contributed by atoms with Crippen molar-refractivity contribution in [3.63, 3.8) is 0 Å². The Labute approximate surface area is 193 Å². The summed E-state index contributed by atoms with van der Waals surface area (Å²) in [6, 6.07) is 0.815. The molecule has 0 fully saturated rings. The molecule has 3 N–H and O–H groups in total. The van der Waals surface area contributed by atoms with Crippen LogP contribution in [0.1, 0.15) is 36.7 Å². The number of hydrogen-bond donors (Lipinski definition) is 2. The Morgan fingerprint density at radius 2 is 1.97 bits per heavy atom. The number of carbonyl (C=O) groups excluding carboxylic acids is 3. The van der Waals surface area contributed by atoms with Crippen LogP contribution in [0.5, 0.6) is 11.5 Å². The first-order valence-corrected chi connectivity index (χ1v) is 14.2. The number of rotatable bonds is 4. The van der Waals surface area contributed by atoms with Gasteiger partial charge in [-0.1, -0.05) is 20.8 Å². The number of thioether (sulfide) groups is 1. The minimum Gasteiger partial charge on any atom is -0.548 e. The molecule has 2 rings (SSSR count). The van der Waals surface area contributed by atoms with E-state index in [0.717, 1.165) is 0 Å². The number of carboxylic acid groups (broad SMARTS) is 1. The second-order valence-corrected chi connectivity index (χ2v) is 14.9. The summed E-state index contributed by atoms with van der Waals surface area (Å²) in [5.41, 5.74) is 6.56. The van der Waals surface area contributed by atoms with Gasteiger partial charge in [0.2, 0.25) is 14.2 Å². The fraction of sp³-hybridized carbons (Fsp3) is 0.571. The third-order valence-corrected chi connectivity index (χ3v) is 11.1. The number of amides is 1. The molecule has 0 aliphatic carbocycles. The number of benzene rings is 1. The molecule has 9 nitrogen and oxygen atoms in total. The molecule has 0 saturated heterocycles. The van der Waals surface area contributed by atoms with Crippen LogP contribution in [0, 0.1) is 0 Å². The van der Waals surface area contributed by atoms with Crippen LogP contribution >= 0.6 is 11.8 Å². The molecule has 1 heterocycles. The number of esters is 1. The molecule has 1 aromatic rings. The van der Waals surface area contributed by atoms with E-state index in [1.54, 1.807) is 12.1 Å². The highest BCUT2D eigenvalue weighted by Gasteiger charge is 2.40. The predicted molar refractivity (Wildman–Crippen MR) is 122 cm³/mol. The molecule has 0 bridgehead atoms. The molecular formula is C21H31N2O7SSi-. The zero-order valence-electron chi connectivity index (χ0n) is 19.3. The lowest BCUT2D eigenvalue weighted by atomic mass is 10.1. The van der Waals surface area contributed by atoms with E-state index >= 15 is 0 Å². The van der Waals surface area contributed by atoms with Crippen LogP contribution in [0.4, 0.5) is 0 Å². The maximum atomic E-state index is 12.9. The number of ether oxygens (including phenoxy) is 2. The van der Waals surface area contributed by atoms with Crippen LogP contribution in [0.25, 0.3) is 0 Å². The molecule has 1 amide bonds. The summed E-state index contributed by atoms with van der Waals surface area (Å²) in [6.07, 6.45) is 0. The van der Waals surface area contributed by atoms with Gasteiger partial charge in [0.1, 0.15) is 24.1 Å². The molecule has 0 unspecified atom stereocenters. The van der Waals surface area contributed by atoms with Crippen molar-refractivity contribution in [2.24, 2.45) is 5.73 Å². The Hall–Kier alpha value is -2.24. The fourth-order valence-corrected chi connectivity index (χ4v) is 4.75. The van der Waals surface area contributed by atoms with E-state index in [1.165, 1.54) is 18.9 Å². The van der Waals surface area contributed by atoms with E-state index < -0.39 is 44.9 Å². The Morgan fingerprint density at radius 3 is 2.53 bits per heavy atom. The van der Waals surface area contributed by atoms with Crippen molar-refractivity contribution in [3.8, 4) is 11.5 Å². The lowest BCUT2D eigenvalue weighted by molar-refractivity contribution is -0.307. The van der Waals surface area contributed by atoms with Gasteiger partial charge in [0.05, 0.1) is 24.7 Å². The predicted octanol–water partition coefficient (Wildman–Crippen LogP) is 1.04. The summed E-state index contributed by atoms with van der Waals surface area (Å²) in [6.45, 7) is 10.1. The topological polar surface area (TPSA) is 140 Å². The molecule has 178 valence electrons. The summed E-state index contributed by atoms with van der Waals surface area (Å²) in [5, 5.41) is 13.7. The van der Waals surface area contributed by atoms with Gasteiger partial charge in [-0.05, 0) is 24.2 Å². The summed E-state index contributed by atoms with van der Waals surface area (Å²) in [5.74, 6) is -1.63. The molecule has 2 atom stereocenters. The zero-order valence-corrected chi connectivity index (χ0v) is 21.1. The molecule has 0 aromatic heterocycles. The number of methoxy groups -OCH3 is 1. The highest BCUT2D eigenvalue weighted by Crippen LogP contribution is 2.41. The molecule has 0 saturated carbocycles. The highest BCUT2D eigenvalue weighted by molar-refractivity contribution is 7.98. The molecule has 0 radical (unpaired) electrons. The Balaban J connectivity index is 2.54. The second kappa shape index (κ2) is 10.1. The Morgan fingerprint density at radius 1 is 1.31 bits per heavy atom. The van der Waals surface area contributed by atoms with Crippen molar-refractivity contribution in [2.45, 2.75) is 56.7 Å². The van der Waals surface area contributed by atoms with Crippen LogP contribution in [0.3, 0.4) is 0 Å². The first-order chi connectivity index (χ1) is 14.8. The third kappa shape index (κ3) is 6.17. The van der Waals surface area contributed by atoms with Gasteiger partial charge in [-0.3, -0.25) is 4.79 Å². The van der Waals surface area contributed by atoms with Crippen molar-refractivity contribution in [1.29, 1.82) is 0 Å². The minimum absolute atomic E-state index is 0.0286. The molecule has 32 heavy (non-hydrogen) atoms. The maximum absolute atomic E-state index is 12.9. The van der Waals surface area contributed by atoms with Gasteiger partial charge in [-0.2, -0.15) is 11.8 Å². The number of hydrogen-bond acceptors (Lipinski definition) is 9. The molecule has 11 heteroatoms. The third-order valence-electron chi connectivity index (χ3n) is 5.67. The van der Waals surface area contributed by atoms with Crippen molar-refractivity contribution >= 4 is 37.9 Å². The lowest BCUT2D eigenvalue weighted by Gasteiger charge is -2.37. The number of aliphatic carboxylic acids is 1. The van der Waals surface area contributed by atoms with Crippen LogP contribution in [-0.2, 0) is 20.1 Å². The molecular weight excluding hydrogens is 452 g/mol. The van der Waals surface area contributed by atoms with Crippen LogP contribution in [0.15, 0.2) is 12.1 Å². The van der Waals surface area contributed by atoms with Gasteiger partial charge < -0.3 is 34.9 Å². The van der Waals surface area contributed by atoms with Crippen LogP contribution in [0.2, 0.25) is 18.1 Å². The SMILES string of the molecule is COc1cc(O[Si](C)(C)C(C)(C)C)c2c(c1)C(=O)OC[C@H](N)C(=O)N[C@H](C(=O)[O-])CSC2. The van der Waals surface area contributed by atoms with Gasteiger partial charge in [0, 0.05) is 23.1 Å². The van der Waals surface area contributed by atoms with Crippen molar-refractivity contribution in [2.75, 3.05) is 19.5 Å². The number of carboxylic acids is 1. The van der Waals surface area contributed by atoms with Crippen LogP contribution < -0.4 is 25.3 Å². The van der Waals surface area contributed by atoms with E-state index in [2.05, 4.69) is 39.2 Å². The molecule has 0 spiro atoms. The number of cyclic esters (lactones) is 1. The first kappa shape index (κ1) is 26.0. The van der Waals surface area contributed by atoms with Crippen molar-refractivity contribution in [1.82, 2.24) is 5.32 Å². The number of fused-ring (bicyclic) bond motifs is 1. The quantitative estimate of drug-likeness (QED) is 0.475. The normalized spacial score (nSPS) is 20.7. The zero-order chi connectivity index (χ0) is 24.3. The summed E-state index contributed by atoms with van der Waals surface area (Å²) < 4.78 is 17.2. The standard InChI is InChI=1S/C21H32N2O7SSi/c1-21(2,3)32(5,6)30-17-8-12(28-4)7-13-14(17)10-31-11-16(19(25)26)23-18(24)15(22)9-29-20(13)27/h7-8,15-16H,9-11,22H2,1-6H3,(H,23,24)(H,25,26)/p-1/t15-,16-/m0/s1. The first-order valence-electron chi connectivity index (χ1n) is 10.2. The van der Waals surface area contributed by atoms with Gasteiger partial charge in [0.25, 0.3) is 0 Å². The van der Waals surface area contributed by atoms with E-state index in [-0.39, 0.29) is 22.1 Å². The van der Waals surface area contributed by atoms with Gasteiger partial charge in [0.15, 0.2) is 0 Å². The smallest absolute Gasteiger partial charge is 0.338 e. The summed E-state index contributed by atoms with van der Waals surface area (Å²) in [7, 11) is -0.798. The average molecular weight is 484 g/mol. The van der Waals surface area contributed by atoms with E-state index in [1.807, 2.05) is 0 Å². The largest absolute Gasteiger partial charge is 0.548 e. The molecule has 1 aliphatic heterocycles. The van der Waals surface area contributed by atoms with Crippen molar-refractivity contribution in [3.05, 3.63) is 23.3 Å². The monoisotopic (exact) mass is 483 g/mol. The van der Waals surface area contributed by atoms with E-state index in [9.17, 15) is 19.5 Å². The van der Waals surface area contributed by atoms with Gasteiger partial charge in [-0.15, -0.1) is 0 Å². The fourth-order valence-electron chi connectivity index (χ4n) is 2.63. The average Bonchev–Trinajstić information content (AvgIpc) is 2.69. The maximum Gasteiger partial charge on any atom is 0.338 e. The summed E-state index contributed by atoms with van der Waals surface area (Å²) in [4.78, 5) is 36.5. The van der Waals surface area contributed by atoms with Gasteiger partial charge >= 0.3 is 5.97 Å². The van der Waals surface area contributed by atoms with E-state index in [0.29, 0.717) is 17.1 Å². The van der Waals surface area contributed by atoms with Gasteiger partial charge in [-0.25, -0.2) is 4.79 Å². The molecule has 1 aromatic carbocycles. The Bertz CT molecular complexity index is 886. The minimum atomic E-state index is -2.28. The number of nitrogens with two attached hydrogens (primary N) is 1.